The van der Waals surface area contributed by atoms with Crippen LogP contribution in [0.1, 0.15) is 22.8 Å². The first-order chi connectivity index (χ1) is 11.6. The van der Waals surface area contributed by atoms with E-state index in [0.717, 1.165) is 30.2 Å². The number of hydrogen-bond acceptors (Lipinski definition) is 5. The molecule has 0 saturated carbocycles. The van der Waals surface area contributed by atoms with Crippen molar-refractivity contribution in [2.45, 2.75) is 26.7 Å². The Morgan fingerprint density at radius 2 is 1.96 bits per heavy atom. The van der Waals surface area contributed by atoms with Crippen molar-refractivity contribution < 1.29 is 9.26 Å². The van der Waals surface area contributed by atoms with Crippen molar-refractivity contribution in [3.05, 3.63) is 41.0 Å². The van der Waals surface area contributed by atoms with Gasteiger partial charge in [-0.25, -0.2) is 0 Å². The van der Waals surface area contributed by atoms with Gasteiger partial charge in [-0.05, 0) is 37.5 Å². The molecule has 1 aromatic heterocycles. The van der Waals surface area contributed by atoms with Crippen molar-refractivity contribution in [3.8, 4) is 5.75 Å². The van der Waals surface area contributed by atoms with Crippen LogP contribution in [0.4, 0.5) is 0 Å². The molecule has 24 heavy (non-hydrogen) atoms. The van der Waals surface area contributed by atoms with E-state index in [-0.39, 0.29) is 0 Å². The Labute approximate surface area is 142 Å². The van der Waals surface area contributed by atoms with Gasteiger partial charge in [-0.2, -0.15) is 4.98 Å². The molecule has 1 aromatic carbocycles. The maximum Gasteiger partial charge on any atom is 0.228 e. The van der Waals surface area contributed by atoms with Crippen LogP contribution in [-0.2, 0) is 12.8 Å². The van der Waals surface area contributed by atoms with E-state index >= 15 is 0 Å². The molecule has 0 aliphatic heterocycles. The highest BCUT2D eigenvalue weighted by Crippen LogP contribution is 2.18. The maximum atomic E-state index is 5.35. The van der Waals surface area contributed by atoms with E-state index in [2.05, 4.69) is 44.0 Å². The van der Waals surface area contributed by atoms with E-state index in [1.807, 2.05) is 6.92 Å². The fourth-order valence-corrected chi connectivity index (χ4v) is 2.30. The Kier molecular flexibility index (Phi) is 6.60. The average Bonchev–Trinajstić information content (AvgIpc) is 3.00. The van der Waals surface area contributed by atoms with Crippen LogP contribution in [0.15, 0.2) is 27.7 Å². The van der Waals surface area contributed by atoms with Gasteiger partial charge in [-0.15, -0.1) is 0 Å². The summed E-state index contributed by atoms with van der Waals surface area (Å²) >= 11 is 0. The number of aliphatic imine (C=N–C) groups is 1. The van der Waals surface area contributed by atoms with Crippen molar-refractivity contribution in [1.82, 2.24) is 20.8 Å². The minimum absolute atomic E-state index is 0.627. The number of nitrogens with one attached hydrogen (secondary N) is 2. The molecular weight excluding hydrogens is 306 g/mol. The summed E-state index contributed by atoms with van der Waals surface area (Å²) in [4.78, 5) is 8.38. The van der Waals surface area contributed by atoms with Crippen molar-refractivity contribution in [3.63, 3.8) is 0 Å². The Hall–Kier alpha value is -2.57. The third kappa shape index (κ3) is 5.26. The third-order valence-electron chi connectivity index (χ3n) is 3.60. The third-order valence-corrected chi connectivity index (χ3v) is 3.60. The van der Waals surface area contributed by atoms with Crippen LogP contribution < -0.4 is 15.4 Å². The lowest BCUT2D eigenvalue weighted by atomic mass is 10.1. The summed E-state index contributed by atoms with van der Waals surface area (Å²) in [6, 6.07) is 6.27. The van der Waals surface area contributed by atoms with E-state index in [9.17, 15) is 0 Å². The quantitative estimate of drug-likeness (QED) is 0.593. The van der Waals surface area contributed by atoms with E-state index in [1.165, 1.54) is 5.56 Å². The van der Waals surface area contributed by atoms with Gasteiger partial charge in [0.25, 0.3) is 0 Å². The molecule has 0 aliphatic carbocycles. The predicted molar refractivity (Wildman–Crippen MR) is 93.5 cm³/mol. The number of benzene rings is 1. The summed E-state index contributed by atoms with van der Waals surface area (Å²) in [5.41, 5.74) is 2.37. The molecule has 0 amide bonds. The van der Waals surface area contributed by atoms with Gasteiger partial charge in [0, 0.05) is 26.6 Å². The lowest BCUT2D eigenvalue weighted by molar-refractivity contribution is 0.374. The number of nitrogens with zero attached hydrogens (tertiary/aromatic N) is 3. The number of rotatable bonds is 7. The van der Waals surface area contributed by atoms with Crippen LogP contribution in [0.3, 0.4) is 0 Å². The predicted octanol–water partition coefficient (Wildman–Crippen LogP) is 1.65. The largest absolute Gasteiger partial charge is 0.496 e. The minimum Gasteiger partial charge on any atom is -0.496 e. The fraction of sp³-hybridized carbons (Fsp3) is 0.471. The zero-order chi connectivity index (χ0) is 17.4. The first kappa shape index (κ1) is 17.8. The molecule has 0 fully saturated rings. The smallest absolute Gasteiger partial charge is 0.228 e. The second kappa shape index (κ2) is 8.90. The molecule has 2 aromatic rings. The van der Waals surface area contributed by atoms with E-state index in [0.29, 0.717) is 24.7 Å². The molecule has 0 radical (unpaired) electrons. The van der Waals surface area contributed by atoms with Gasteiger partial charge in [0.15, 0.2) is 11.8 Å². The number of methoxy groups -OCH3 is 1. The standard InChI is InChI=1S/C17H25N5O2/c1-12-5-6-14(11-15(12)23-4)7-9-19-17(18-3)20-10-8-16-21-13(2)22-24-16/h5-6,11H,7-10H2,1-4H3,(H2,18,19,20). The monoisotopic (exact) mass is 331 g/mol. The van der Waals surface area contributed by atoms with Crippen LogP contribution in [0.25, 0.3) is 0 Å². The molecule has 0 bridgehead atoms. The normalized spacial score (nSPS) is 11.4. The van der Waals surface area contributed by atoms with Gasteiger partial charge in [-0.1, -0.05) is 17.3 Å². The zero-order valence-corrected chi connectivity index (χ0v) is 14.7. The van der Waals surface area contributed by atoms with Crippen molar-refractivity contribution in [2.24, 2.45) is 4.99 Å². The molecule has 0 unspecified atom stereocenters. The molecule has 2 rings (SSSR count). The van der Waals surface area contributed by atoms with Gasteiger partial charge >= 0.3 is 0 Å². The summed E-state index contributed by atoms with van der Waals surface area (Å²) in [7, 11) is 3.45. The van der Waals surface area contributed by atoms with Gasteiger partial charge in [0.05, 0.1) is 7.11 Å². The molecule has 0 saturated heterocycles. The number of aryl methyl sites for hydroxylation is 2. The van der Waals surface area contributed by atoms with Crippen LogP contribution >= 0.6 is 0 Å². The highest BCUT2D eigenvalue weighted by molar-refractivity contribution is 5.79. The summed E-state index contributed by atoms with van der Waals surface area (Å²) in [5.74, 6) is 2.96. The number of guanidine groups is 1. The number of ether oxygens (including phenoxy) is 1. The Balaban J connectivity index is 1.73. The van der Waals surface area contributed by atoms with Crippen LogP contribution in [0.5, 0.6) is 5.75 Å². The summed E-state index contributed by atoms with van der Waals surface area (Å²) in [6.07, 6.45) is 1.55. The number of aromatic nitrogens is 2. The lowest BCUT2D eigenvalue weighted by Crippen LogP contribution is -2.39. The van der Waals surface area contributed by atoms with Crippen LogP contribution in [0.2, 0.25) is 0 Å². The van der Waals surface area contributed by atoms with E-state index in [4.69, 9.17) is 9.26 Å². The SMILES string of the molecule is CN=C(NCCc1ccc(C)c(OC)c1)NCCc1nc(C)no1. The highest BCUT2D eigenvalue weighted by Gasteiger charge is 2.04. The first-order valence-corrected chi connectivity index (χ1v) is 7.99. The average molecular weight is 331 g/mol. The zero-order valence-electron chi connectivity index (χ0n) is 14.7. The van der Waals surface area contributed by atoms with Gasteiger partial charge in [0.2, 0.25) is 5.89 Å². The summed E-state index contributed by atoms with van der Waals surface area (Å²) in [6.45, 7) is 5.31. The second-order valence-corrected chi connectivity index (χ2v) is 5.47. The maximum absolute atomic E-state index is 5.35. The van der Waals surface area contributed by atoms with E-state index in [1.54, 1.807) is 21.1 Å². The Bertz CT molecular complexity index is 681. The molecule has 0 spiro atoms. The molecule has 130 valence electrons. The number of hydrogen-bond donors (Lipinski definition) is 2. The Morgan fingerprint density at radius 3 is 2.58 bits per heavy atom. The van der Waals surface area contributed by atoms with Gasteiger partial charge in [0.1, 0.15) is 5.75 Å². The van der Waals surface area contributed by atoms with Crippen molar-refractivity contribution in [1.29, 1.82) is 0 Å². The van der Waals surface area contributed by atoms with Crippen molar-refractivity contribution >= 4 is 5.96 Å². The fourth-order valence-electron chi connectivity index (χ4n) is 2.30. The summed E-state index contributed by atoms with van der Waals surface area (Å²) in [5, 5.41) is 10.3. The second-order valence-electron chi connectivity index (χ2n) is 5.47. The van der Waals surface area contributed by atoms with Crippen LogP contribution in [-0.4, -0.2) is 43.3 Å². The molecule has 7 nitrogen and oxygen atoms in total. The van der Waals surface area contributed by atoms with Crippen molar-refractivity contribution in [2.75, 3.05) is 27.2 Å². The summed E-state index contributed by atoms with van der Waals surface area (Å²) < 4.78 is 10.4. The van der Waals surface area contributed by atoms with Gasteiger partial charge in [-0.3, -0.25) is 4.99 Å². The molecule has 0 aliphatic rings. The first-order valence-electron chi connectivity index (χ1n) is 7.99. The van der Waals surface area contributed by atoms with E-state index < -0.39 is 0 Å². The highest BCUT2D eigenvalue weighted by atomic mass is 16.5. The van der Waals surface area contributed by atoms with Gasteiger partial charge < -0.3 is 19.9 Å². The Morgan fingerprint density at radius 1 is 1.21 bits per heavy atom. The topological polar surface area (TPSA) is 84.6 Å². The minimum atomic E-state index is 0.627. The molecular formula is C17H25N5O2. The lowest BCUT2D eigenvalue weighted by Gasteiger charge is -2.12. The molecule has 1 heterocycles. The molecule has 7 heteroatoms. The van der Waals surface area contributed by atoms with Crippen LogP contribution in [0, 0.1) is 13.8 Å². The molecule has 2 N–H and O–H groups in total. The molecule has 0 atom stereocenters.